The van der Waals surface area contributed by atoms with Crippen molar-refractivity contribution in [2.24, 2.45) is 5.92 Å². The van der Waals surface area contributed by atoms with Crippen LogP contribution in [-0.4, -0.2) is 44.9 Å². The van der Waals surface area contributed by atoms with E-state index in [1.165, 1.54) is 18.5 Å². The first-order valence-corrected chi connectivity index (χ1v) is 7.73. The number of carbonyl (C=O) groups is 1. The number of amides is 2. The lowest BCUT2D eigenvalue weighted by Gasteiger charge is -2.34. The Bertz CT molecular complexity index is 462. The van der Waals surface area contributed by atoms with E-state index in [9.17, 15) is 4.79 Å². The van der Waals surface area contributed by atoms with Crippen LogP contribution < -0.4 is 15.5 Å². The quantitative estimate of drug-likeness (QED) is 0.885. The Kier molecular flexibility index (Phi) is 4.60. The van der Waals surface area contributed by atoms with Crippen molar-refractivity contribution in [3.05, 3.63) is 30.3 Å². The van der Waals surface area contributed by atoms with E-state index in [1.807, 2.05) is 6.07 Å². The predicted octanol–water partition coefficient (Wildman–Crippen LogP) is 1.60. The maximum atomic E-state index is 11.7. The molecule has 0 aliphatic carbocycles. The summed E-state index contributed by atoms with van der Waals surface area (Å²) in [5, 5.41) is 5.90. The molecule has 1 atom stereocenters. The normalized spacial score (nSPS) is 22.5. The van der Waals surface area contributed by atoms with Crippen LogP contribution in [0, 0.1) is 5.92 Å². The Morgan fingerprint density at radius 3 is 2.81 bits per heavy atom. The minimum absolute atomic E-state index is 0.0693. The van der Waals surface area contributed by atoms with Gasteiger partial charge in [0, 0.05) is 25.3 Å². The summed E-state index contributed by atoms with van der Waals surface area (Å²) in [6.07, 6.45) is 2.36. The number of hydrogen-bond acceptors (Lipinski definition) is 3. The van der Waals surface area contributed by atoms with E-state index in [1.54, 1.807) is 0 Å². The Balaban J connectivity index is 1.44. The molecule has 114 valence electrons. The molecule has 1 unspecified atom stereocenters. The number of nitrogens with one attached hydrogen (secondary N) is 2. The molecule has 0 aromatic heterocycles. The molecular weight excluding hydrogens is 266 g/mol. The molecule has 5 nitrogen and oxygen atoms in total. The lowest BCUT2D eigenvalue weighted by atomic mass is 9.97. The van der Waals surface area contributed by atoms with Crippen molar-refractivity contribution in [2.45, 2.75) is 18.9 Å². The van der Waals surface area contributed by atoms with Crippen LogP contribution in [0.5, 0.6) is 0 Å². The average Bonchev–Trinajstić information content (AvgIpc) is 2.50. The fourth-order valence-corrected chi connectivity index (χ4v) is 2.90. The molecule has 21 heavy (non-hydrogen) atoms. The Morgan fingerprint density at radius 2 is 2.10 bits per heavy atom. The van der Waals surface area contributed by atoms with Gasteiger partial charge in [-0.15, -0.1) is 0 Å². The number of anilines is 1. The maximum Gasteiger partial charge on any atom is 0.315 e. The van der Waals surface area contributed by atoms with Crippen LogP contribution in [0.2, 0.25) is 0 Å². The van der Waals surface area contributed by atoms with Gasteiger partial charge in [-0.05, 0) is 30.9 Å². The number of hydrogen-bond donors (Lipinski definition) is 2. The van der Waals surface area contributed by atoms with E-state index < -0.39 is 0 Å². The van der Waals surface area contributed by atoms with Crippen LogP contribution in [0.4, 0.5) is 10.5 Å². The zero-order chi connectivity index (χ0) is 14.5. The van der Waals surface area contributed by atoms with Crippen molar-refractivity contribution in [3.63, 3.8) is 0 Å². The molecule has 0 saturated carbocycles. The van der Waals surface area contributed by atoms with Crippen molar-refractivity contribution in [1.82, 2.24) is 10.6 Å². The standard InChI is InChI=1S/C16H23N3O2/c20-16(18-14-11-21-12-14)17-9-13-5-4-8-19(10-13)15-6-2-1-3-7-15/h1-3,6-7,13-14H,4-5,8-12H2,(H2,17,18,20). The summed E-state index contributed by atoms with van der Waals surface area (Å²) in [5.41, 5.74) is 1.28. The lowest BCUT2D eigenvalue weighted by molar-refractivity contribution is -0.0000401. The van der Waals surface area contributed by atoms with E-state index >= 15 is 0 Å². The summed E-state index contributed by atoms with van der Waals surface area (Å²) in [4.78, 5) is 14.2. The van der Waals surface area contributed by atoms with Gasteiger partial charge in [0.25, 0.3) is 0 Å². The number of urea groups is 1. The van der Waals surface area contributed by atoms with Crippen molar-refractivity contribution >= 4 is 11.7 Å². The summed E-state index contributed by atoms with van der Waals surface area (Å²) in [7, 11) is 0. The van der Waals surface area contributed by atoms with Gasteiger partial charge in [0.2, 0.25) is 0 Å². The molecule has 3 rings (SSSR count). The first-order valence-electron chi connectivity index (χ1n) is 7.73. The molecule has 2 heterocycles. The molecule has 2 fully saturated rings. The molecule has 5 heteroatoms. The van der Waals surface area contributed by atoms with Gasteiger partial charge in [0.05, 0.1) is 19.3 Å². The molecule has 0 spiro atoms. The van der Waals surface area contributed by atoms with E-state index in [-0.39, 0.29) is 12.1 Å². The first kappa shape index (κ1) is 14.2. The zero-order valence-corrected chi connectivity index (χ0v) is 12.3. The number of nitrogens with zero attached hydrogens (tertiary/aromatic N) is 1. The number of piperidine rings is 1. The minimum Gasteiger partial charge on any atom is -0.377 e. The number of para-hydroxylation sites is 1. The van der Waals surface area contributed by atoms with Gasteiger partial charge < -0.3 is 20.3 Å². The third kappa shape index (κ3) is 3.88. The fraction of sp³-hybridized carbons (Fsp3) is 0.562. The van der Waals surface area contributed by atoms with Crippen molar-refractivity contribution in [1.29, 1.82) is 0 Å². The van der Waals surface area contributed by atoms with E-state index in [0.29, 0.717) is 19.1 Å². The Hall–Kier alpha value is -1.75. The van der Waals surface area contributed by atoms with Gasteiger partial charge in [-0.1, -0.05) is 18.2 Å². The third-order valence-corrected chi connectivity index (χ3v) is 4.16. The number of ether oxygens (including phenoxy) is 1. The zero-order valence-electron chi connectivity index (χ0n) is 12.3. The highest BCUT2D eigenvalue weighted by Crippen LogP contribution is 2.22. The molecule has 1 aromatic carbocycles. The van der Waals surface area contributed by atoms with Crippen LogP contribution in [0.1, 0.15) is 12.8 Å². The summed E-state index contributed by atoms with van der Waals surface area (Å²) in [6, 6.07) is 10.6. The molecule has 2 aliphatic heterocycles. The fourth-order valence-electron chi connectivity index (χ4n) is 2.90. The highest BCUT2D eigenvalue weighted by Gasteiger charge is 2.23. The SMILES string of the molecule is O=C(NCC1CCCN(c2ccccc2)C1)NC1COC1. The number of carbonyl (C=O) groups excluding carboxylic acids is 1. The smallest absolute Gasteiger partial charge is 0.315 e. The second-order valence-electron chi connectivity index (χ2n) is 5.88. The van der Waals surface area contributed by atoms with Crippen LogP contribution in [0.3, 0.4) is 0 Å². The lowest BCUT2D eigenvalue weighted by Crippen LogP contribution is -2.53. The molecular formula is C16H23N3O2. The molecule has 2 amide bonds. The topological polar surface area (TPSA) is 53.6 Å². The van der Waals surface area contributed by atoms with Gasteiger partial charge in [-0.3, -0.25) is 0 Å². The van der Waals surface area contributed by atoms with Crippen molar-refractivity contribution in [2.75, 3.05) is 37.7 Å². The first-order chi connectivity index (χ1) is 10.3. The average molecular weight is 289 g/mol. The molecule has 2 saturated heterocycles. The van der Waals surface area contributed by atoms with Gasteiger partial charge in [0.15, 0.2) is 0 Å². The summed E-state index contributed by atoms with van der Waals surface area (Å²) in [5.74, 6) is 0.516. The molecule has 1 aromatic rings. The Morgan fingerprint density at radius 1 is 1.29 bits per heavy atom. The molecule has 0 bridgehead atoms. The molecule has 2 N–H and O–H groups in total. The van der Waals surface area contributed by atoms with Gasteiger partial charge in [-0.25, -0.2) is 4.79 Å². The third-order valence-electron chi connectivity index (χ3n) is 4.16. The second-order valence-corrected chi connectivity index (χ2v) is 5.88. The van der Waals surface area contributed by atoms with E-state index in [2.05, 4.69) is 39.8 Å². The van der Waals surface area contributed by atoms with Gasteiger partial charge in [0.1, 0.15) is 0 Å². The van der Waals surface area contributed by atoms with Crippen LogP contribution in [0.25, 0.3) is 0 Å². The van der Waals surface area contributed by atoms with Crippen molar-refractivity contribution < 1.29 is 9.53 Å². The minimum atomic E-state index is -0.0693. The van der Waals surface area contributed by atoms with E-state index in [0.717, 1.165) is 19.6 Å². The Labute approximate surface area is 125 Å². The summed E-state index contributed by atoms with van der Waals surface area (Å²) in [6.45, 7) is 4.13. The summed E-state index contributed by atoms with van der Waals surface area (Å²) < 4.78 is 5.04. The van der Waals surface area contributed by atoms with Gasteiger partial charge in [-0.2, -0.15) is 0 Å². The maximum absolute atomic E-state index is 11.7. The highest BCUT2D eigenvalue weighted by molar-refractivity contribution is 5.74. The van der Waals surface area contributed by atoms with E-state index in [4.69, 9.17) is 4.74 Å². The number of rotatable bonds is 4. The molecule has 0 radical (unpaired) electrons. The second kappa shape index (κ2) is 6.80. The van der Waals surface area contributed by atoms with Gasteiger partial charge >= 0.3 is 6.03 Å². The predicted molar refractivity (Wildman–Crippen MR) is 82.5 cm³/mol. The van der Waals surface area contributed by atoms with Crippen LogP contribution in [0.15, 0.2) is 30.3 Å². The van der Waals surface area contributed by atoms with Crippen LogP contribution >= 0.6 is 0 Å². The number of benzene rings is 1. The van der Waals surface area contributed by atoms with Crippen molar-refractivity contribution in [3.8, 4) is 0 Å². The molecule has 2 aliphatic rings. The highest BCUT2D eigenvalue weighted by atomic mass is 16.5. The summed E-state index contributed by atoms with van der Waals surface area (Å²) >= 11 is 0. The van der Waals surface area contributed by atoms with Crippen LogP contribution in [-0.2, 0) is 4.74 Å². The monoisotopic (exact) mass is 289 g/mol. The largest absolute Gasteiger partial charge is 0.377 e.